The number of hydrogen-bond acceptors (Lipinski definition) is 3. The van der Waals surface area contributed by atoms with E-state index in [-0.39, 0.29) is 6.61 Å². The van der Waals surface area contributed by atoms with Crippen molar-refractivity contribution in [3.8, 4) is 0 Å². The first kappa shape index (κ1) is 11.0. The van der Waals surface area contributed by atoms with Gasteiger partial charge in [0.2, 0.25) is 0 Å². The van der Waals surface area contributed by atoms with Crippen LogP contribution in [0, 0.1) is 0 Å². The summed E-state index contributed by atoms with van der Waals surface area (Å²) in [6.07, 6.45) is 7.14. The van der Waals surface area contributed by atoms with Crippen LogP contribution in [-0.4, -0.2) is 35.5 Å². The van der Waals surface area contributed by atoms with Crippen molar-refractivity contribution in [1.82, 2.24) is 5.32 Å². The van der Waals surface area contributed by atoms with Gasteiger partial charge in [0.05, 0.1) is 12.7 Å². The van der Waals surface area contributed by atoms with Crippen molar-refractivity contribution in [2.75, 3.05) is 13.2 Å². The first-order valence-electron chi connectivity index (χ1n) is 5.35. The lowest BCUT2D eigenvalue weighted by molar-refractivity contribution is 0.0913. The van der Waals surface area contributed by atoms with Crippen LogP contribution in [0.25, 0.3) is 0 Å². The van der Waals surface area contributed by atoms with Crippen LogP contribution in [0.4, 0.5) is 0 Å². The molecular weight excluding hydrogens is 166 g/mol. The average Bonchev–Trinajstić information content (AvgIpc) is 2.42. The molecule has 3 nitrogen and oxygen atoms in total. The van der Waals surface area contributed by atoms with Crippen molar-refractivity contribution in [2.45, 2.75) is 50.7 Å². The van der Waals surface area contributed by atoms with Crippen molar-refractivity contribution in [3.05, 3.63) is 0 Å². The molecule has 3 heteroatoms. The largest absolute Gasteiger partial charge is 0.394 e. The normalized spacial score (nSPS) is 22.6. The maximum atomic E-state index is 9.15. The van der Waals surface area contributed by atoms with Crippen LogP contribution in [-0.2, 0) is 0 Å². The molecule has 1 saturated carbocycles. The highest BCUT2D eigenvalue weighted by Crippen LogP contribution is 2.16. The summed E-state index contributed by atoms with van der Waals surface area (Å²) >= 11 is 0. The monoisotopic (exact) mass is 187 g/mol. The van der Waals surface area contributed by atoms with E-state index in [1.54, 1.807) is 0 Å². The highest BCUT2D eigenvalue weighted by atomic mass is 16.3. The van der Waals surface area contributed by atoms with E-state index in [4.69, 9.17) is 10.2 Å². The molecule has 1 rings (SSSR count). The third-order valence-electron chi connectivity index (χ3n) is 2.71. The van der Waals surface area contributed by atoms with E-state index in [0.717, 1.165) is 0 Å². The number of rotatable bonds is 4. The lowest BCUT2D eigenvalue weighted by Gasteiger charge is -2.17. The highest BCUT2D eigenvalue weighted by Gasteiger charge is 2.12. The summed E-state index contributed by atoms with van der Waals surface area (Å²) in [5.41, 5.74) is 0. The fraction of sp³-hybridized carbons (Fsp3) is 1.00. The zero-order chi connectivity index (χ0) is 9.52. The molecule has 0 spiro atoms. The molecule has 1 aliphatic rings. The summed E-state index contributed by atoms with van der Waals surface area (Å²) < 4.78 is 0. The van der Waals surface area contributed by atoms with Gasteiger partial charge < -0.3 is 15.5 Å². The second-order valence-electron chi connectivity index (χ2n) is 3.93. The fourth-order valence-corrected chi connectivity index (χ4v) is 1.85. The first-order valence-corrected chi connectivity index (χ1v) is 5.35. The standard InChI is InChI=1S/C10H21NO2/c12-8-10(13)7-11-9-5-3-1-2-4-6-9/h9-13H,1-8H2/t10-/m1/s1. The SMILES string of the molecule is OC[C@H](O)CNC1CCCCCC1. The predicted octanol–water partition coefficient (Wildman–Crippen LogP) is 0.652. The predicted molar refractivity (Wildman–Crippen MR) is 52.6 cm³/mol. The molecule has 13 heavy (non-hydrogen) atoms. The van der Waals surface area contributed by atoms with Crippen molar-refractivity contribution in [3.63, 3.8) is 0 Å². The molecule has 0 amide bonds. The first-order chi connectivity index (χ1) is 6.33. The summed E-state index contributed by atoms with van der Waals surface area (Å²) in [7, 11) is 0. The number of aliphatic hydroxyl groups is 2. The van der Waals surface area contributed by atoms with Gasteiger partial charge in [-0.2, -0.15) is 0 Å². The van der Waals surface area contributed by atoms with E-state index in [0.29, 0.717) is 12.6 Å². The topological polar surface area (TPSA) is 52.5 Å². The molecule has 1 aliphatic carbocycles. The van der Waals surface area contributed by atoms with E-state index in [1.165, 1.54) is 38.5 Å². The van der Waals surface area contributed by atoms with Crippen LogP contribution in [0.3, 0.4) is 0 Å². The zero-order valence-electron chi connectivity index (χ0n) is 8.21. The van der Waals surface area contributed by atoms with Gasteiger partial charge in [-0.3, -0.25) is 0 Å². The van der Waals surface area contributed by atoms with Crippen molar-refractivity contribution < 1.29 is 10.2 Å². The van der Waals surface area contributed by atoms with E-state index < -0.39 is 6.10 Å². The minimum Gasteiger partial charge on any atom is -0.394 e. The quantitative estimate of drug-likeness (QED) is 0.566. The van der Waals surface area contributed by atoms with Gasteiger partial charge in [0.1, 0.15) is 0 Å². The molecule has 0 unspecified atom stereocenters. The molecular formula is C10H21NO2. The van der Waals surface area contributed by atoms with Gasteiger partial charge in [-0.05, 0) is 12.8 Å². The Labute approximate surface area is 80.2 Å². The molecule has 0 radical (unpaired) electrons. The molecule has 0 aromatic rings. The van der Waals surface area contributed by atoms with Gasteiger partial charge in [0, 0.05) is 12.6 Å². The summed E-state index contributed by atoms with van der Waals surface area (Å²) in [6, 6.07) is 0.559. The average molecular weight is 187 g/mol. The zero-order valence-corrected chi connectivity index (χ0v) is 8.21. The highest BCUT2D eigenvalue weighted by molar-refractivity contribution is 4.72. The van der Waals surface area contributed by atoms with Crippen LogP contribution in [0.1, 0.15) is 38.5 Å². The fourth-order valence-electron chi connectivity index (χ4n) is 1.85. The Hall–Kier alpha value is -0.120. The lowest BCUT2D eigenvalue weighted by Crippen LogP contribution is -2.36. The maximum Gasteiger partial charge on any atom is 0.0895 e. The molecule has 0 heterocycles. The molecule has 0 saturated heterocycles. The second-order valence-corrected chi connectivity index (χ2v) is 3.93. The Morgan fingerprint density at radius 2 is 1.77 bits per heavy atom. The van der Waals surface area contributed by atoms with Crippen LogP contribution in [0.15, 0.2) is 0 Å². The minimum absolute atomic E-state index is 0.139. The smallest absolute Gasteiger partial charge is 0.0895 e. The molecule has 0 aromatic carbocycles. The number of aliphatic hydroxyl groups excluding tert-OH is 2. The molecule has 3 N–H and O–H groups in total. The Morgan fingerprint density at radius 1 is 1.15 bits per heavy atom. The molecule has 78 valence electrons. The van der Waals surface area contributed by atoms with E-state index in [1.807, 2.05) is 0 Å². The summed E-state index contributed by atoms with van der Waals surface area (Å²) in [4.78, 5) is 0. The van der Waals surface area contributed by atoms with Crippen LogP contribution in [0.2, 0.25) is 0 Å². The van der Waals surface area contributed by atoms with Crippen molar-refractivity contribution in [2.24, 2.45) is 0 Å². The summed E-state index contributed by atoms with van der Waals surface area (Å²) in [5.74, 6) is 0. The van der Waals surface area contributed by atoms with E-state index in [9.17, 15) is 0 Å². The van der Waals surface area contributed by atoms with Crippen LogP contribution >= 0.6 is 0 Å². The minimum atomic E-state index is -0.594. The Balaban J connectivity index is 2.11. The lowest BCUT2D eigenvalue weighted by atomic mass is 10.1. The van der Waals surface area contributed by atoms with Crippen LogP contribution in [0.5, 0.6) is 0 Å². The van der Waals surface area contributed by atoms with Gasteiger partial charge in [-0.25, -0.2) is 0 Å². The van der Waals surface area contributed by atoms with Crippen LogP contribution < -0.4 is 5.32 Å². The maximum absolute atomic E-state index is 9.15. The summed E-state index contributed by atoms with van der Waals surface area (Å²) in [5, 5.41) is 21.1. The Kier molecular flexibility index (Phi) is 5.35. The molecule has 1 atom stereocenters. The van der Waals surface area contributed by atoms with Gasteiger partial charge >= 0.3 is 0 Å². The Bertz CT molecular complexity index is 122. The van der Waals surface area contributed by atoms with E-state index in [2.05, 4.69) is 5.32 Å². The third kappa shape index (κ3) is 4.60. The van der Waals surface area contributed by atoms with E-state index >= 15 is 0 Å². The Morgan fingerprint density at radius 3 is 2.31 bits per heavy atom. The number of nitrogens with one attached hydrogen (secondary N) is 1. The molecule has 0 aromatic heterocycles. The number of hydrogen-bond donors (Lipinski definition) is 3. The second kappa shape index (κ2) is 6.35. The summed E-state index contributed by atoms with van der Waals surface area (Å²) in [6.45, 7) is 0.390. The molecule has 0 bridgehead atoms. The van der Waals surface area contributed by atoms with Gasteiger partial charge in [0.25, 0.3) is 0 Å². The van der Waals surface area contributed by atoms with Gasteiger partial charge in [-0.1, -0.05) is 25.7 Å². The molecule has 1 fully saturated rings. The third-order valence-corrected chi connectivity index (χ3v) is 2.71. The molecule has 0 aliphatic heterocycles. The van der Waals surface area contributed by atoms with Gasteiger partial charge in [-0.15, -0.1) is 0 Å². The van der Waals surface area contributed by atoms with Crippen molar-refractivity contribution in [1.29, 1.82) is 0 Å². The van der Waals surface area contributed by atoms with Gasteiger partial charge in [0.15, 0.2) is 0 Å². The van der Waals surface area contributed by atoms with Crippen molar-refractivity contribution >= 4 is 0 Å².